The quantitative estimate of drug-likeness (QED) is 0.763. The van der Waals surface area contributed by atoms with Crippen LogP contribution in [0.25, 0.3) is 0 Å². The Kier molecular flexibility index (Phi) is 2.82. The lowest BCUT2D eigenvalue weighted by Gasteiger charge is -2.12. The van der Waals surface area contributed by atoms with Crippen molar-refractivity contribution in [3.8, 4) is 0 Å². The molecule has 1 heterocycles. The minimum absolute atomic E-state index is 0.505. The summed E-state index contributed by atoms with van der Waals surface area (Å²) in [7, 11) is 0. The van der Waals surface area contributed by atoms with Crippen LogP contribution in [0.5, 0.6) is 0 Å². The average Bonchev–Trinajstić information content (AvgIpc) is 2.90. The van der Waals surface area contributed by atoms with Gasteiger partial charge in [-0.1, -0.05) is 40.2 Å². The second kappa shape index (κ2) is 4.30. The Morgan fingerprint density at radius 1 is 1.38 bits per heavy atom. The van der Waals surface area contributed by atoms with Crippen molar-refractivity contribution in [2.24, 2.45) is 5.92 Å². The molecule has 0 N–H and O–H groups in total. The van der Waals surface area contributed by atoms with Gasteiger partial charge in [0, 0.05) is 15.9 Å². The van der Waals surface area contributed by atoms with Crippen LogP contribution in [0.3, 0.4) is 0 Å². The fraction of sp³-hybridized carbons (Fsp3) is 0.308. The van der Waals surface area contributed by atoms with Gasteiger partial charge in [-0.3, -0.25) is 4.98 Å². The van der Waals surface area contributed by atoms with Crippen LogP contribution in [0.1, 0.15) is 20.8 Å². The van der Waals surface area contributed by atoms with Crippen molar-refractivity contribution in [3.05, 3.63) is 52.0 Å². The van der Waals surface area contributed by atoms with Crippen molar-refractivity contribution in [1.82, 2.24) is 4.98 Å². The largest absolute Gasteiger partial charge is 0.253 e. The molecule has 0 amide bonds. The Morgan fingerprint density at radius 2 is 2.25 bits per heavy atom. The third-order valence-electron chi connectivity index (χ3n) is 3.20. The van der Waals surface area contributed by atoms with E-state index in [4.69, 9.17) is 0 Å². The van der Waals surface area contributed by atoms with E-state index in [1.165, 1.54) is 22.4 Å². The van der Waals surface area contributed by atoms with Gasteiger partial charge < -0.3 is 0 Å². The van der Waals surface area contributed by atoms with Crippen LogP contribution in [-0.2, 0) is 12.8 Å². The lowest BCUT2D eigenvalue weighted by molar-refractivity contribution is 0.559. The highest BCUT2D eigenvalue weighted by Gasteiger charge is 2.30. The number of nitrogens with zero attached hydrogens (tertiary/aromatic N) is 1. The zero-order valence-corrected chi connectivity index (χ0v) is 11.2. The van der Waals surface area contributed by atoms with Gasteiger partial charge in [0.1, 0.15) is 0 Å². The third kappa shape index (κ3) is 1.82. The minimum Gasteiger partial charge on any atom is -0.253 e. The van der Waals surface area contributed by atoms with E-state index < -0.39 is 0 Å². The van der Waals surface area contributed by atoms with E-state index in [9.17, 15) is 0 Å². The molecule has 2 unspecified atom stereocenters. The molecule has 1 aromatic carbocycles. The van der Waals surface area contributed by atoms with Crippen molar-refractivity contribution < 1.29 is 0 Å². The predicted octanol–water partition coefficient (Wildman–Crippen LogP) is 3.99. The monoisotopic (exact) mass is 293 g/mol. The molecule has 0 aliphatic heterocycles. The molecule has 1 aromatic heterocycles. The first-order valence-corrected chi connectivity index (χ1v) is 7.23. The molecule has 1 aliphatic rings. The third-order valence-corrected chi connectivity index (χ3v) is 5.24. The van der Waals surface area contributed by atoms with Crippen LogP contribution in [-0.4, -0.2) is 4.98 Å². The van der Waals surface area contributed by atoms with E-state index in [1.807, 2.05) is 11.7 Å². The summed E-state index contributed by atoms with van der Waals surface area (Å²) in [4.78, 5) is 6.04. The summed E-state index contributed by atoms with van der Waals surface area (Å²) in [6.45, 7) is 0. The first kappa shape index (κ1) is 10.5. The lowest BCUT2D eigenvalue weighted by Crippen LogP contribution is -2.05. The highest BCUT2D eigenvalue weighted by Crippen LogP contribution is 2.43. The van der Waals surface area contributed by atoms with Gasteiger partial charge >= 0.3 is 0 Å². The van der Waals surface area contributed by atoms with Gasteiger partial charge in [0.15, 0.2) is 0 Å². The van der Waals surface area contributed by atoms with Crippen LogP contribution >= 0.6 is 27.3 Å². The smallest absolute Gasteiger partial charge is 0.0794 e. The molecule has 16 heavy (non-hydrogen) atoms. The van der Waals surface area contributed by atoms with E-state index in [-0.39, 0.29) is 0 Å². The number of thiazole rings is 1. The highest BCUT2D eigenvalue weighted by molar-refractivity contribution is 9.09. The molecule has 3 heteroatoms. The molecular weight excluding hydrogens is 282 g/mol. The van der Waals surface area contributed by atoms with Crippen LogP contribution in [0, 0.1) is 5.92 Å². The molecule has 0 saturated carbocycles. The van der Waals surface area contributed by atoms with Gasteiger partial charge in [-0.2, -0.15) is 0 Å². The van der Waals surface area contributed by atoms with E-state index in [2.05, 4.69) is 45.2 Å². The summed E-state index contributed by atoms with van der Waals surface area (Å²) in [5, 5.41) is 0. The van der Waals surface area contributed by atoms with Crippen molar-refractivity contribution in [3.63, 3.8) is 0 Å². The molecule has 0 bridgehead atoms. The molecule has 0 fully saturated rings. The van der Waals surface area contributed by atoms with E-state index >= 15 is 0 Å². The maximum Gasteiger partial charge on any atom is 0.0794 e. The normalized spacial score (nSPS) is 23.3. The van der Waals surface area contributed by atoms with Crippen molar-refractivity contribution in [2.45, 2.75) is 17.7 Å². The van der Waals surface area contributed by atoms with E-state index in [1.54, 1.807) is 11.3 Å². The van der Waals surface area contributed by atoms with E-state index in [0.29, 0.717) is 10.7 Å². The average molecular weight is 294 g/mol. The fourth-order valence-electron chi connectivity index (χ4n) is 2.41. The number of rotatable bonds is 2. The van der Waals surface area contributed by atoms with E-state index in [0.717, 1.165) is 6.42 Å². The topological polar surface area (TPSA) is 12.9 Å². The Bertz CT molecular complexity index is 478. The molecule has 0 radical (unpaired) electrons. The fourth-order valence-corrected chi connectivity index (χ4v) is 3.92. The number of hydrogen-bond donors (Lipinski definition) is 0. The van der Waals surface area contributed by atoms with Gasteiger partial charge in [0.2, 0.25) is 0 Å². The van der Waals surface area contributed by atoms with Crippen molar-refractivity contribution in [2.75, 3.05) is 0 Å². The predicted molar refractivity (Wildman–Crippen MR) is 71.1 cm³/mol. The number of hydrogen-bond acceptors (Lipinski definition) is 2. The van der Waals surface area contributed by atoms with Gasteiger partial charge in [-0.25, -0.2) is 0 Å². The van der Waals surface area contributed by atoms with Crippen LogP contribution < -0.4 is 0 Å². The van der Waals surface area contributed by atoms with Gasteiger partial charge in [0.25, 0.3) is 0 Å². The molecular formula is C13H12BrNS. The Hall–Kier alpha value is -0.670. The molecule has 0 spiro atoms. The molecule has 3 rings (SSSR count). The Balaban J connectivity index is 1.82. The number of fused-ring (bicyclic) bond motifs is 1. The zero-order valence-electron chi connectivity index (χ0n) is 8.77. The molecule has 1 aliphatic carbocycles. The molecule has 82 valence electrons. The number of benzene rings is 1. The van der Waals surface area contributed by atoms with Crippen LogP contribution in [0.15, 0.2) is 36.0 Å². The summed E-state index contributed by atoms with van der Waals surface area (Å²) in [5.41, 5.74) is 4.89. The molecule has 1 nitrogen and oxygen atoms in total. The standard InChI is InChI=1S/C13H12BrNS/c14-13-10(6-11-7-15-8-16-11)5-9-3-1-2-4-12(9)13/h1-4,7-8,10,13H,5-6H2. The SMILES string of the molecule is BrC1c2ccccc2CC1Cc1cncs1. The Morgan fingerprint density at radius 3 is 3.00 bits per heavy atom. The van der Waals surface area contributed by atoms with Gasteiger partial charge in [-0.15, -0.1) is 11.3 Å². The summed E-state index contributed by atoms with van der Waals surface area (Å²) >= 11 is 5.59. The first-order valence-electron chi connectivity index (χ1n) is 5.44. The number of aromatic nitrogens is 1. The summed E-state index contributed by atoms with van der Waals surface area (Å²) in [6.07, 6.45) is 4.31. The van der Waals surface area contributed by atoms with Gasteiger partial charge in [0.05, 0.1) is 5.51 Å². The molecule has 2 atom stereocenters. The molecule has 0 saturated heterocycles. The molecule has 2 aromatic rings. The Labute approximate surface area is 108 Å². The highest BCUT2D eigenvalue weighted by atomic mass is 79.9. The summed E-state index contributed by atoms with van der Waals surface area (Å²) < 4.78 is 0. The lowest BCUT2D eigenvalue weighted by atomic mass is 10.0. The number of alkyl halides is 1. The first-order chi connectivity index (χ1) is 7.84. The second-order valence-corrected chi connectivity index (χ2v) is 6.19. The summed E-state index contributed by atoms with van der Waals surface area (Å²) in [5.74, 6) is 0.679. The minimum atomic E-state index is 0.505. The zero-order chi connectivity index (χ0) is 11.0. The maximum absolute atomic E-state index is 4.14. The van der Waals surface area contributed by atoms with Crippen molar-refractivity contribution >= 4 is 27.3 Å². The van der Waals surface area contributed by atoms with Crippen molar-refractivity contribution in [1.29, 1.82) is 0 Å². The van der Waals surface area contributed by atoms with Crippen LogP contribution in [0.2, 0.25) is 0 Å². The van der Waals surface area contributed by atoms with Gasteiger partial charge in [-0.05, 0) is 29.9 Å². The maximum atomic E-state index is 4.14. The number of halogens is 1. The summed E-state index contributed by atoms with van der Waals surface area (Å²) in [6, 6.07) is 8.74. The second-order valence-electron chi connectivity index (χ2n) is 4.24. The van der Waals surface area contributed by atoms with Crippen LogP contribution in [0.4, 0.5) is 0 Å².